The Morgan fingerprint density at radius 2 is 2.09 bits per heavy atom. The van der Waals surface area contributed by atoms with Gasteiger partial charge in [0.15, 0.2) is 5.13 Å². The Morgan fingerprint density at radius 1 is 1.29 bits per heavy atom. The quantitative estimate of drug-likeness (QED) is 0.414. The molecule has 0 radical (unpaired) electrons. The summed E-state index contributed by atoms with van der Waals surface area (Å²) in [4.78, 5) is 29.4. The van der Waals surface area contributed by atoms with Gasteiger partial charge in [0.1, 0.15) is 5.75 Å². The van der Waals surface area contributed by atoms with E-state index in [9.17, 15) is 14.7 Å². The smallest absolute Gasteiger partial charge is 0.308 e. The van der Waals surface area contributed by atoms with Gasteiger partial charge in [0.05, 0.1) is 5.60 Å². The second kappa shape index (κ2) is 9.00. The third-order valence-corrected chi connectivity index (χ3v) is 10.0. The molecule has 0 saturated heterocycles. The minimum atomic E-state index is -0.727. The molecule has 2 saturated carbocycles. The van der Waals surface area contributed by atoms with E-state index in [1.54, 1.807) is 6.20 Å². The van der Waals surface area contributed by atoms with Crippen LogP contribution in [0.15, 0.2) is 24.4 Å². The number of anilines is 1. The number of carbonyl (C=O) groups excluding carboxylic acids is 2. The summed E-state index contributed by atoms with van der Waals surface area (Å²) in [6.07, 6.45) is 7.83. The van der Waals surface area contributed by atoms with Crippen molar-refractivity contribution in [1.29, 1.82) is 0 Å². The van der Waals surface area contributed by atoms with E-state index < -0.39 is 5.60 Å². The Hall–Kier alpha value is -2.25. The molecule has 2 N–H and O–H groups in total. The van der Waals surface area contributed by atoms with Gasteiger partial charge in [-0.15, -0.1) is 11.3 Å². The zero-order valence-corrected chi connectivity index (χ0v) is 21.9. The molecule has 1 amide bonds. The summed E-state index contributed by atoms with van der Waals surface area (Å²) >= 11 is 1.49. The van der Waals surface area contributed by atoms with Crippen LogP contribution in [-0.2, 0) is 16.0 Å². The van der Waals surface area contributed by atoms with Gasteiger partial charge in [-0.3, -0.25) is 9.59 Å². The van der Waals surface area contributed by atoms with Crippen molar-refractivity contribution in [3.63, 3.8) is 0 Å². The van der Waals surface area contributed by atoms with Gasteiger partial charge < -0.3 is 15.2 Å². The largest absolute Gasteiger partial charge is 0.427 e. The predicted octanol–water partition coefficient (Wildman–Crippen LogP) is 5.63. The number of benzene rings is 1. The fraction of sp³-hybridized carbons (Fsp3) is 0.607. The Bertz CT molecular complexity index is 1140. The Balaban J connectivity index is 1.35. The van der Waals surface area contributed by atoms with Crippen molar-refractivity contribution in [2.75, 3.05) is 5.32 Å². The summed E-state index contributed by atoms with van der Waals surface area (Å²) in [5.41, 5.74) is 1.79. The second-order valence-electron chi connectivity index (χ2n) is 11.3. The van der Waals surface area contributed by atoms with Gasteiger partial charge in [-0.2, -0.15) is 0 Å². The predicted molar refractivity (Wildman–Crippen MR) is 137 cm³/mol. The molecule has 6 nitrogen and oxygen atoms in total. The number of rotatable bonds is 5. The maximum atomic E-state index is 12.7. The summed E-state index contributed by atoms with van der Waals surface area (Å²) < 4.78 is 5.33. The van der Waals surface area contributed by atoms with E-state index >= 15 is 0 Å². The number of aryl methyl sites for hydroxylation is 2. The standard InChI is InChI=1S/C28H36N2O4S/c1-16-15-29-26(35-16)30-24(32)10-6-19-14-28(4,33)27(3)12-11-22-21-9-7-20(34-17(2)31)13-18(21)5-8-23(22)25(19)27/h7,9,13,15,19,22-23,25,33H,5-6,8,10-12,14H2,1-4H3,(H,29,30,32). The number of hydrogen-bond donors (Lipinski definition) is 2. The summed E-state index contributed by atoms with van der Waals surface area (Å²) in [7, 11) is 0. The van der Waals surface area contributed by atoms with E-state index in [1.807, 2.05) is 26.0 Å². The van der Waals surface area contributed by atoms with Gasteiger partial charge in [-0.25, -0.2) is 4.98 Å². The molecule has 1 aromatic heterocycles. The zero-order chi connectivity index (χ0) is 25.0. The van der Waals surface area contributed by atoms with Crippen LogP contribution in [0.25, 0.3) is 0 Å². The number of esters is 1. The first-order valence-electron chi connectivity index (χ1n) is 12.8. The van der Waals surface area contributed by atoms with Crippen LogP contribution in [0.1, 0.15) is 81.2 Å². The zero-order valence-electron chi connectivity index (χ0n) is 21.1. The van der Waals surface area contributed by atoms with E-state index in [4.69, 9.17) is 4.74 Å². The Kier molecular flexibility index (Phi) is 6.29. The topological polar surface area (TPSA) is 88.5 Å². The first-order chi connectivity index (χ1) is 16.6. The molecule has 188 valence electrons. The lowest BCUT2D eigenvalue weighted by molar-refractivity contribution is -0.131. The molecule has 6 unspecified atom stereocenters. The number of aliphatic hydroxyl groups is 1. The van der Waals surface area contributed by atoms with Gasteiger partial charge in [0, 0.05) is 24.4 Å². The van der Waals surface area contributed by atoms with E-state index in [-0.39, 0.29) is 17.3 Å². The van der Waals surface area contributed by atoms with Crippen molar-refractivity contribution in [3.05, 3.63) is 40.4 Å². The minimum absolute atomic E-state index is 0.00643. The molecule has 1 aromatic carbocycles. The van der Waals surface area contributed by atoms with E-state index in [0.29, 0.717) is 41.0 Å². The highest BCUT2D eigenvalue weighted by atomic mass is 32.1. The average Bonchev–Trinajstić information content (AvgIpc) is 3.28. The minimum Gasteiger partial charge on any atom is -0.427 e. The first-order valence-corrected chi connectivity index (χ1v) is 13.6. The lowest BCUT2D eigenvalue weighted by atomic mass is 9.52. The molecule has 5 rings (SSSR count). The lowest BCUT2D eigenvalue weighted by Gasteiger charge is -2.53. The summed E-state index contributed by atoms with van der Waals surface area (Å²) in [5.74, 6) is 1.97. The van der Waals surface area contributed by atoms with Crippen LogP contribution in [-0.4, -0.2) is 27.6 Å². The van der Waals surface area contributed by atoms with Gasteiger partial charge >= 0.3 is 5.97 Å². The molecule has 1 heterocycles. The summed E-state index contributed by atoms with van der Waals surface area (Å²) in [5, 5.41) is 15.2. The summed E-state index contributed by atoms with van der Waals surface area (Å²) in [6, 6.07) is 6.11. The normalized spacial score (nSPS) is 33.4. The van der Waals surface area contributed by atoms with Crippen LogP contribution in [0.5, 0.6) is 5.75 Å². The van der Waals surface area contributed by atoms with Crippen molar-refractivity contribution >= 4 is 28.3 Å². The SMILES string of the molecule is CC(=O)Oc1ccc2c(c1)CCC1C2CCC2(C)C1C(CCC(=O)Nc1ncc(C)s1)CC2(C)O. The number of aromatic nitrogens is 1. The number of nitrogens with one attached hydrogen (secondary N) is 1. The molecular formula is C28H36N2O4S. The maximum absolute atomic E-state index is 12.7. The average molecular weight is 497 g/mol. The van der Waals surface area contributed by atoms with Crippen molar-refractivity contribution in [2.24, 2.45) is 23.2 Å². The molecule has 2 aromatic rings. The number of thiazole rings is 1. The van der Waals surface area contributed by atoms with Crippen LogP contribution in [0.3, 0.4) is 0 Å². The van der Waals surface area contributed by atoms with Crippen LogP contribution < -0.4 is 10.1 Å². The number of hydrogen-bond acceptors (Lipinski definition) is 6. The number of nitrogens with zero attached hydrogens (tertiary/aromatic N) is 1. The Labute approximate surface area is 211 Å². The third kappa shape index (κ3) is 4.42. The van der Waals surface area contributed by atoms with Crippen LogP contribution in [0.4, 0.5) is 5.13 Å². The Morgan fingerprint density at radius 3 is 2.80 bits per heavy atom. The highest BCUT2D eigenvalue weighted by molar-refractivity contribution is 7.15. The third-order valence-electron chi connectivity index (χ3n) is 9.22. The number of carbonyl (C=O) groups is 2. The van der Waals surface area contributed by atoms with Crippen molar-refractivity contribution in [3.8, 4) is 5.75 Å². The number of ether oxygens (including phenoxy) is 1. The number of fused-ring (bicyclic) bond motifs is 5. The van der Waals surface area contributed by atoms with Crippen LogP contribution >= 0.6 is 11.3 Å². The monoisotopic (exact) mass is 496 g/mol. The van der Waals surface area contributed by atoms with Gasteiger partial charge in [0.25, 0.3) is 0 Å². The van der Waals surface area contributed by atoms with Crippen molar-refractivity contribution < 1.29 is 19.4 Å². The first kappa shape index (κ1) is 24.4. The van der Waals surface area contributed by atoms with E-state index in [0.717, 1.165) is 43.4 Å². The van der Waals surface area contributed by atoms with Gasteiger partial charge in [0.2, 0.25) is 5.91 Å². The molecule has 0 spiro atoms. The maximum Gasteiger partial charge on any atom is 0.308 e. The number of amides is 1. The molecule has 0 aliphatic heterocycles. The van der Waals surface area contributed by atoms with E-state index in [1.165, 1.54) is 29.4 Å². The molecule has 35 heavy (non-hydrogen) atoms. The molecule has 7 heteroatoms. The molecule has 2 fully saturated rings. The highest BCUT2D eigenvalue weighted by Gasteiger charge is 2.63. The van der Waals surface area contributed by atoms with Crippen molar-refractivity contribution in [2.45, 2.75) is 84.2 Å². The fourth-order valence-electron chi connectivity index (χ4n) is 7.60. The second-order valence-corrected chi connectivity index (χ2v) is 12.6. The van der Waals surface area contributed by atoms with Crippen molar-refractivity contribution in [1.82, 2.24) is 4.98 Å². The van der Waals surface area contributed by atoms with Gasteiger partial charge in [-0.1, -0.05) is 13.0 Å². The molecule has 3 aliphatic carbocycles. The molecule has 0 bridgehead atoms. The van der Waals surface area contributed by atoms with Crippen LogP contribution in [0, 0.1) is 30.1 Å². The fourth-order valence-corrected chi connectivity index (χ4v) is 8.28. The molecule has 3 aliphatic rings. The van der Waals surface area contributed by atoms with E-state index in [2.05, 4.69) is 23.3 Å². The van der Waals surface area contributed by atoms with Gasteiger partial charge in [-0.05, 0) is 105 Å². The summed E-state index contributed by atoms with van der Waals surface area (Å²) in [6.45, 7) is 7.71. The highest BCUT2D eigenvalue weighted by Crippen LogP contribution is 2.66. The van der Waals surface area contributed by atoms with Crippen LogP contribution in [0.2, 0.25) is 0 Å². The lowest BCUT2D eigenvalue weighted by Crippen LogP contribution is -2.49. The molecule has 6 atom stereocenters. The molecular weight excluding hydrogens is 460 g/mol.